The molecular weight excluding hydrogens is 234 g/mol. The summed E-state index contributed by atoms with van der Waals surface area (Å²) in [6.07, 6.45) is 3.31. The minimum Gasteiger partial charge on any atom is -0.496 e. The molecular formula is C17H29NO. The highest BCUT2D eigenvalue weighted by Gasteiger charge is 2.13. The molecule has 0 amide bonds. The van der Waals surface area contributed by atoms with Gasteiger partial charge in [0.15, 0.2) is 0 Å². The Bertz CT molecular complexity index is 387. The van der Waals surface area contributed by atoms with E-state index in [2.05, 4.69) is 45.9 Å². The first-order valence-electron chi connectivity index (χ1n) is 7.42. The average Bonchev–Trinajstić information content (AvgIpc) is 2.43. The molecule has 0 heterocycles. The molecule has 1 aromatic carbocycles. The van der Waals surface area contributed by atoms with E-state index in [-0.39, 0.29) is 0 Å². The second kappa shape index (κ2) is 7.54. The lowest BCUT2D eigenvalue weighted by Crippen LogP contribution is -2.18. The van der Waals surface area contributed by atoms with Gasteiger partial charge in [0, 0.05) is 6.04 Å². The summed E-state index contributed by atoms with van der Waals surface area (Å²) in [6.45, 7) is 8.85. The summed E-state index contributed by atoms with van der Waals surface area (Å²) in [5.74, 6) is 2.04. The van der Waals surface area contributed by atoms with Gasteiger partial charge in [0.1, 0.15) is 5.75 Å². The molecule has 0 aliphatic carbocycles. The molecule has 0 aliphatic rings. The number of nitrogens with two attached hydrogens (primary N) is 1. The molecule has 2 unspecified atom stereocenters. The fraction of sp³-hybridized carbons (Fsp3) is 0.647. The van der Waals surface area contributed by atoms with E-state index in [0.29, 0.717) is 17.9 Å². The summed E-state index contributed by atoms with van der Waals surface area (Å²) in [7, 11) is 1.74. The van der Waals surface area contributed by atoms with Crippen LogP contribution in [0.2, 0.25) is 0 Å². The summed E-state index contributed by atoms with van der Waals surface area (Å²) >= 11 is 0. The normalized spacial score (nSPS) is 14.5. The van der Waals surface area contributed by atoms with E-state index in [0.717, 1.165) is 25.0 Å². The van der Waals surface area contributed by atoms with Crippen LogP contribution in [-0.2, 0) is 0 Å². The van der Waals surface area contributed by atoms with Crippen molar-refractivity contribution in [1.29, 1.82) is 0 Å². The van der Waals surface area contributed by atoms with Crippen LogP contribution in [0, 0.1) is 0 Å². The molecule has 0 aliphatic heterocycles. The first-order chi connectivity index (χ1) is 8.99. The van der Waals surface area contributed by atoms with Crippen LogP contribution in [-0.4, -0.2) is 13.2 Å². The van der Waals surface area contributed by atoms with E-state index in [4.69, 9.17) is 10.5 Å². The molecule has 2 N–H and O–H groups in total. The standard InChI is InChI=1S/C17H29NO/c1-6-15(18)9-7-13(4)14-8-10-17(19-5)16(11-14)12(2)3/h8,10-13,15H,6-7,9,18H2,1-5H3. The van der Waals surface area contributed by atoms with Gasteiger partial charge in [-0.1, -0.05) is 39.8 Å². The van der Waals surface area contributed by atoms with Crippen LogP contribution in [0.1, 0.15) is 69.9 Å². The molecule has 0 spiro atoms. The van der Waals surface area contributed by atoms with E-state index < -0.39 is 0 Å². The Morgan fingerprint density at radius 3 is 2.37 bits per heavy atom. The van der Waals surface area contributed by atoms with Gasteiger partial charge in [-0.2, -0.15) is 0 Å². The SMILES string of the molecule is CCC(N)CCC(C)c1ccc(OC)c(C(C)C)c1. The van der Waals surface area contributed by atoms with Crippen LogP contribution in [0.4, 0.5) is 0 Å². The zero-order valence-corrected chi connectivity index (χ0v) is 13.1. The Labute approximate surface area is 118 Å². The first-order valence-corrected chi connectivity index (χ1v) is 7.42. The van der Waals surface area contributed by atoms with Crippen LogP contribution < -0.4 is 10.5 Å². The van der Waals surface area contributed by atoms with Crippen molar-refractivity contribution in [2.45, 2.75) is 64.8 Å². The van der Waals surface area contributed by atoms with Gasteiger partial charge in [-0.25, -0.2) is 0 Å². The van der Waals surface area contributed by atoms with Crippen molar-refractivity contribution in [3.05, 3.63) is 29.3 Å². The summed E-state index contributed by atoms with van der Waals surface area (Å²) in [4.78, 5) is 0. The van der Waals surface area contributed by atoms with Gasteiger partial charge >= 0.3 is 0 Å². The number of hydrogen-bond donors (Lipinski definition) is 1. The topological polar surface area (TPSA) is 35.2 Å². The number of rotatable bonds is 7. The molecule has 2 atom stereocenters. The Morgan fingerprint density at radius 2 is 1.84 bits per heavy atom. The molecule has 0 bridgehead atoms. The third-order valence-electron chi connectivity index (χ3n) is 3.94. The van der Waals surface area contributed by atoms with E-state index in [9.17, 15) is 0 Å². The van der Waals surface area contributed by atoms with Crippen LogP contribution in [0.15, 0.2) is 18.2 Å². The summed E-state index contributed by atoms with van der Waals surface area (Å²) in [6, 6.07) is 6.92. The van der Waals surface area contributed by atoms with Crippen molar-refractivity contribution < 1.29 is 4.74 Å². The van der Waals surface area contributed by atoms with Crippen molar-refractivity contribution in [2.24, 2.45) is 5.73 Å². The van der Waals surface area contributed by atoms with Crippen molar-refractivity contribution in [1.82, 2.24) is 0 Å². The molecule has 0 aromatic heterocycles. The van der Waals surface area contributed by atoms with Gasteiger partial charge in [0.25, 0.3) is 0 Å². The molecule has 0 fully saturated rings. The summed E-state index contributed by atoms with van der Waals surface area (Å²) in [5.41, 5.74) is 8.70. The second-order valence-corrected chi connectivity index (χ2v) is 5.80. The molecule has 0 radical (unpaired) electrons. The molecule has 2 nitrogen and oxygen atoms in total. The van der Waals surface area contributed by atoms with Crippen LogP contribution in [0.25, 0.3) is 0 Å². The predicted molar refractivity (Wildman–Crippen MR) is 83.0 cm³/mol. The quantitative estimate of drug-likeness (QED) is 0.789. The summed E-state index contributed by atoms with van der Waals surface area (Å²) < 4.78 is 5.44. The highest BCUT2D eigenvalue weighted by molar-refractivity contribution is 5.40. The molecule has 1 rings (SSSR count). The smallest absolute Gasteiger partial charge is 0.122 e. The van der Waals surface area contributed by atoms with Gasteiger partial charge in [0.2, 0.25) is 0 Å². The molecule has 19 heavy (non-hydrogen) atoms. The zero-order valence-electron chi connectivity index (χ0n) is 13.1. The minimum absolute atomic E-state index is 0.338. The number of benzene rings is 1. The fourth-order valence-electron chi connectivity index (χ4n) is 2.35. The lowest BCUT2D eigenvalue weighted by atomic mass is 9.90. The van der Waals surface area contributed by atoms with Gasteiger partial charge in [-0.05, 0) is 48.3 Å². The fourth-order valence-corrected chi connectivity index (χ4v) is 2.35. The Hall–Kier alpha value is -1.02. The molecule has 0 saturated carbocycles. The molecule has 108 valence electrons. The zero-order chi connectivity index (χ0) is 14.4. The lowest BCUT2D eigenvalue weighted by molar-refractivity contribution is 0.407. The van der Waals surface area contributed by atoms with E-state index in [1.165, 1.54) is 11.1 Å². The van der Waals surface area contributed by atoms with Gasteiger partial charge in [-0.15, -0.1) is 0 Å². The maximum absolute atomic E-state index is 6.00. The number of methoxy groups -OCH3 is 1. The molecule has 1 aromatic rings. The van der Waals surface area contributed by atoms with E-state index in [1.807, 2.05) is 0 Å². The van der Waals surface area contributed by atoms with Crippen molar-refractivity contribution in [3.63, 3.8) is 0 Å². The van der Waals surface area contributed by atoms with E-state index in [1.54, 1.807) is 7.11 Å². The maximum atomic E-state index is 6.00. The van der Waals surface area contributed by atoms with Crippen LogP contribution >= 0.6 is 0 Å². The Kier molecular flexibility index (Phi) is 6.36. The van der Waals surface area contributed by atoms with Crippen LogP contribution in [0.5, 0.6) is 5.75 Å². The Balaban J connectivity index is 2.80. The Morgan fingerprint density at radius 1 is 1.16 bits per heavy atom. The average molecular weight is 263 g/mol. The molecule has 2 heteroatoms. The van der Waals surface area contributed by atoms with Crippen molar-refractivity contribution in [2.75, 3.05) is 7.11 Å². The van der Waals surface area contributed by atoms with Gasteiger partial charge < -0.3 is 10.5 Å². The van der Waals surface area contributed by atoms with Crippen molar-refractivity contribution >= 4 is 0 Å². The van der Waals surface area contributed by atoms with Crippen molar-refractivity contribution in [3.8, 4) is 5.75 Å². The number of hydrogen-bond acceptors (Lipinski definition) is 2. The monoisotopic (exact) mass is 263 g/mol. The van der Waals surface area contributed by atoms with Gasteiger partial charge in [0.05, 0.1) is 7.11 Å². The first kappa shape index (κ1) is 16.0. The lowest BCUT2D eigenvalue weighted by Gasteiger charge is -2.18. The largest absolute Gasteiger partial charge is 0.496 e. The maximum Gasteiger partial charge on any atom is 0.122 e. The number of ether oxygens (including phenoxy) is 1. The third kappa shape index (κ3) is 4.54. The highest BCUT2D eigenvalue weighted by Crippen LogP contribution is 2.31. The minimum atomic E-state index is 0.338. The van der Waals surface area contributed by atoms with Gasteiger partial charge in [-0.3, -0.25) is 0 Å². The van der Waals surface area contributed by atoms with E-state index >= 15 is 0 Å². The molecule has 0 saturated heterocycles. The second-order valence-electron chi connectivity index (χ2n) is 5.80. The summed E-state index contributed by atoms with van der Waals surface area (Å²) in [5, 5.41) is 0. The van der Waals surface area contributed by atoms with Crippen LogP contribution in [0.3, 0.4) is 0 Å². The third-order valence-corrected chi connectivity index (χ3v) is 3.94. The predicted octanol–water partition coefficient (Wildman–Crippen LogP) is 4.44. The highest BCUT2D eigenvalue weighted by atomic mass is 16.5.